The SMILES string of the molecule is Cc1ccc(CP(=O)(O)OP(=O)(O)OC[C@H]2O[C@@H](n3ccc(=O)[nH]c3=O)[C@@H](O)C2O)cc1CO. The molecule has 2 heterocycles. The van der Waals surface area contributed by atoms with Gasteiger partial charge in [0.25, 0.3) is 5.56 Å². The molecular formula is C18H24N2O12P2. The number of benzene rings is 1. The predicted molar refractivity (Wildman–Crippen MR) is 115 cm³/mol. The van der Waals surface area contributed by atoms with Crippen LogP contribution in [-0.2, 0) is 35.5 Å². The summed E-state index contributed by atoms with van der Waals surface area (Å²) >= 11 is 0. The van der Waals surface area contributed by atoms with E-state index in [1.54, 1.807) is 13.0 Å². The van der Waals surface area contributed by atoms with E-state index in [1.807, 2.05) is 4.98 Å². The Balaban J connectivity index is 1.63. The largest absolute Gasteiger partial charge is 0.479 e. The number of aliphatic hydroxyl groups is 3. The molecule has 1 aromatic heterocycles. The number of rotatable bonds is 9. The van der Waals surface area contributed by atoms with E-state index in [0.717, 1.165) is 22.4 Å². The first-order valence-electron chi connectivity index (χ1n) is 9.85. The van der Waals surface area contributed by atoms with Gasteiger partial charge < -0.3 is 29.8 Å². The van der Waals surface area contributed by atoms with Crippen LogP contribution in [0.15, 0.2) is 40.1 Å². The van der Waals surface area contributed by atoms with Crippen LogP contribution >= 0.6 is 15.4 Å². The van der Waals surface area contributed by atoms with Crippen molar-refractivity contribution in [1.29, 1.82) is 0 Å². The lowest BCUT2D eigenvalue weighted by Crippen LogP contribution is -2.37. The first-order valence-corrected chi connectivity index (χ1v) is 13.1. The zero-order chi connectivity index (χ0) is 25.3. The molecule has 0 amide bonds. The van der Waals surface area contributed by atoms with Crippen LogP contribution in [0.25, 0.3) is 0 Å². The predicted octanol–water partition coefficient (Wildman–Crippen LogP) is -0.524. The van der Waals surface area contributed by atoms with Gasteiger partial charge in [-0.25, -0.2) is 13.7 Å². The van der Waals surface area contributed by atoms with E-state index < -0.39 is 64.0 Å². The van der Waals surface area contributed by atoms with Gasteiger partial charge in [0.05, 0.1) is 19.4 Å². The second kappa shape index (κ2) is 10.3. The summed E-state index contributed by atoms with van der Waals surface area (Å²) < 4.78 is 39.8. The minimum Gasteiger partial charge on any atom is -0.392 e. The fourth-order valence-corrected chi connectivity index (χ4v) is 6.03. The fourth-order valence-electron chi connectivity index (χ4n) is 3.33. The van der Waals surface area contributed by atoms with Crippen molar-refractivity contribution in [2.24, 2.45) is 0 Å². The van der Waals surface area contributed by atoms with Gasteiger partial charge in [-0.05, 0) is 23.6 Å². The van der Waals surface area contributed by atoms with Crippen molar-refractivity contribution in [1.82, 2.24) is 9.55 Å². The molecule has 3 rings (SSSR count). The van der Waals surface area contributed by atoms with Crippen molar-refractivity contribution in [2.45, 2.75) is 44.2 Å². The third kappa shape index (κ3) is 6.37. The normalized spacial score (nSPS) is 26.2. The highest BCUT2D eigenvalue weighted by Gasteiger charge is 2.45. The van der Waals surface area contributed by atoms with Gasteiger partial charge in [-0.15, -0.1) is 0 Å². The topological polar surface area (TPSA) is 218 Å². The fraction of sp³-hybridized carbons (Fsp3) is 0.444. The van der Waals surface area contributed by atoms with Crippen LogP contribution in [0.4, 0.5) is 0 Å². The molecule has 0 radical (unpaired) electrons. The summed E-state index contributed by atoms with van der Waals surface area (Å²) in [4.78, 5) is 45.0. The Bertz CT molecular complexity index is 1240. The number of H-pyrrole nitrogens is 1. The number of aromatic amines is 1. The monoisotopic (exact) mass is 522 g/mol. The van der Waals surface area contributed by atoms with Gasteiger partial charge in [-0.3, -0.25) is 23.4 Å². The maximum atomic E-state index is 12.4. The van der Waals surface area contributed by atoms with Crippen LogP contribution in [0.1, 0.15) is 22.9 Å². The van der Waals surface area contributed by atoms with Crippen molar-refractivity contribution in [2.75, 3.05) is 6.61 Å². The molecule has 0 spiro atoms. The quantitative estimate of drug-likeness (QED) is 0.229. The molecule has 1 aromatic carbocycles. The Morgan fingerprint density at radius 3 is 2.50 bits per heavy atom. The van der Waals surface area contributed by atoms with Crippen LogP contribution in [0, 0.1) is 6.92 Å². The van der Waals surface area contributed by atoms with Crippen LogP contribution in [0.2, 0.25) is 0 Å². The number of ether oxygens (including phenoxy) is 1. The van der Waals surface area contributed by atoms with Crippen molar-refractivity contribution >= 4 is 15.4 Å². The summed E-state index contributed by atoms with van der Waals surface area (Å²) in [6.45, 7) is 0.577. The smallest absolute Gasteiger partial charge is 0.392 e. The Morgan fingerprint density at radius 2 is 1.85 bits per heavy atom. The van der Waals surface area contributed by atoms with Gasteiger partial charge in [0, 0.05) is 12.3 Å². The molecule has 6 N–H and O–H groups in total. The van der Waals surface area contributed by atoms with E-state index in [1.165, 1.54) is 12.1 Å². The molecule has 0 saturated carbocycles. The molecule has 1 saturated heterocycles. The third-order valence-electron chi connectivity index (χ3n) is 5.06. The molecule has 14 nitrogen and oxygen atoms in total. The minimum absolute atomic E-state index is 0.271. The number of hydrogen-bond acceptors (Lipinski definition) is 10. The maximum absolute atomic E-state index is 12.4. The second-order valence-electron chi connectivity index (χ2n) is 7.62. The molecule has 0 aliphatic carbocycles. The molecule has 1 aliphatic rings. The maximum Gasteiger partial charge on any atom is 0.479 e. The van der Waals surface area contributed by atoms with Gasteiger partial charge in [0.15, 0.2) is 6.23 Å². The first-order chi connectivity index (χ1) is 15.8. The summed E-state index contributed by atoms with van der Waals surface area (Å²) in [5.74, 6) is 0. The van der Waals surface area contributed by atoms with Crippen molar-refractivity contribution < 1.29 is 47.8 Å². The molecule has 1 fully saturated rings. The Kier molecular flexibility index (Phi) is 8.10. The van der Waals surface area contributed by atoms with E-state index in [4.69, 9.17) is 4.74 Å². The molecule has 1 aliphatic heterocycles. The zero-order valence-electron chi connectivity index (χ0n) is 17.8. The highest BCUT2D eigenvalue weighted by Crippen LogP contribution is 2.61. The van der Waals surface area contributed by atoms with Crippen LogP contribution in [0.5, 0.6) is 0 Å². The molecule has 188 valence electrons. The standard InChI is InChI=1S/C18H24N2O12P2/c1-10-2-3-11(6-12(10)7-21)9-33(26,27)32-34(28,29)30-8-13-15(23)16(24)17(31-13)20-5-4-14(22)19-18(20)25/h2-6,13,15-17,21,23-24H,7-9H2,1H3,(H,26,27)(H,28,29)(H,19,22,25)/t13-,15?,16+,17-/m1/s1. The number of phosphoric ester groups is 1. The van der Waals surface area contributed by atoms with Crippen molar-refractivity contribution in [3.8, 4) is 0 Å². The lowest BCUT2D eigenvalue weighted by molar-refractivity contribution is -0.0541. The molecule has 34 heavy (non-hydrogen) atoms. The number of aliphatic hydroxyl groups excluding tert-OH is 3. The van der Waals surface area contributed by atoms with Crippen LogP contribution in [0.3, 0.4) is 0 Å². The summed E-state index contributed by atoms with van der Waals surface area (Å²) in [5, 5.41) is 29.6. The second-order valence-corrected chi connectivity index (χ2v) is 11.1. The summed E-state index contributed by atoms with van der Waals surface area (Å²) in [5.41, 5.74) is -0.103. The average molecular weight is 522 g/mol. The van der Waals surface area contributed by atoms with E-state index >= 15 is 0 Å². The summed E-state index contributed by atoms with van der Waals surface area (Å²) in [6.07, 6.45) is -5.83. The van der Waals surface area contributed by atoms with E-state index in [-0.39, 0.29) is 12.2 Å². The molecule has 16 heteroatoms. The highest BCUT2D eigenvalue weighted by atomic mass is 31.3. The molecule has 2 aromatic rings. The number of aromatic nitrogens is 2. The lowest BCUT2D eigenvalue weighted by Gasteiger charge is -2.19. The van der Waals surface area contributed by atoms with Gasteiger partial charge in [-0.1, -0.05) is 18.2 Å². The van der Waals surface area contributed by atoms with Gasteiger partial charge in [0.1, 0.15) is 18.3 Å². The Morgan fingerprint density at radius 1 is 1.15 bits per heavy atom. The summed E-state index contributed by atoms with van der Waals surface area (Å²) in [7, 11) is -9.83. The third-order valence-corrected chi connectivity index (χ3v) is 8.15. The zero-order valence-corrected chi connectivity index (χ0v) is 19.5. The average Bonchev–Trinajstić information content (AvgIpc) is 3.01. The highest BCUT2D eigenvalue weighted by molar-refractivity contribution is 7.63. The Hall–Kier alpha value is -1.96. The number of hydrogen-bond donors (Lipinski definition) is 6. The van der Waals surface area contributed by atoms with E-state index in [0.29, 0.717) is 5.56 Å². The number of nitrogens with zero attached hydrogens (tertiary/aromatic N) is 1. The number of phosphoric acid groups is 1. The number of aryl methyl sites for hydroxylation is 1. The van der Waals surface area contributed by atoms with Crippen LogP contribution in [-0.4, -0.2) is 59.6 Å². The molecule has 6 atom stereocenters. The van der Waals surface area contributed by atoms with E-state index in [9.17, 15) is 43.8 Å². The van der Waals surface area contributed by atoms with E-state index in [2.05, 4.69) is 8.83 Å². The van der Waals surface area contributed by atoms with Gasteiger partial charge in [0.2, 0.25) is 0 Å². The number of nitrogens with one attached hydrogen (secondary N) is 1. The molecule has 0 bridgehead atoms. The molecule has 3 unspecified atom stereocenters. The van der Waals surface area contributed by atoms with Crippen molar-refractivity contribution in [3.05, 3.63) is 68.0 Å². The lowest BCUT2D eigenvalue weighted by atomic mass is 10.1. The van der Waals surface area contributed by atoms with Gasteiger partial charge in [-0.2, -0.15) is 0 Å². The molecular weight excluding hydrogens is 498 g/mol. The minimum atomic E-state index is -5.14. The van der Waals surface area contributed by atoms with Gasteiger partial charge >= 0.3 is 21.1 Å². The Labute approximate surface area is 192 Å². The van der Waals surface area contributed by atoms with Crippen molar-refractivity contribution in [3.63, 3.8) is 0 Å². The van der Waals surface area contributed by atoms with Crippen LogP contribution < -0.4 is 11.2 Å². The summed E-state index contributed by atoms with van der Waals surface area (Å²) in [6, 6.07) is 5.53. The first kappa shape index (κ1) is 26.6.